The Morgan fingerprint density at radius 1 is 1.40 bits per heavy atom. The number of morpholine rings is 1. The van der Waals surface area contributed by atoms with Gasteiger partial charge >= 0.3 is 6.03 Å². The molecule has 1 aliphatic heterocycles. The summed E-state index contributed by atoms with van der Waals surface area (Å²) in [6.45, 7) is 1.45. The maximum Gasteiger partial charge on any atom is 0.318 e. The van der Waals surface area contributed by atoms with E-state index in [1.165, 1.54) is 12.1 Å². The van der Waals surface area contributed by atoms with Crippen molar-refractivity contribution in [1.29, 1.82) is 0 Å². The third-order valence-electron chi connectivity index (χ3n) is 4.39. The molecular formula is C17H19FN4O3. The van der Waals surface area contributed by atoms with Crippen LogP contribution in [-0.4, -0.2) is 40.8 Å². The number of nitrogens with zero attached hydrogens (tertiary/aromatic N) is 3. The highest BCUT2D eigenvalue weighted by molar-refractivity contribution is 5.74. The van der Waals surface area contributed by atoms with Gasteiger partial charge in [-0.1, -0.05) is 17.3 Å². The van der Waals surface area contributed by atoms with Crippen molar-refractivity contribution in [2.24, 2.45) is 0 Å². The second-order valence-corrected chi connectivity index (χ2v) is 6.34. The maximum atomic E-state index is 13.4. The largest absolute Gasteiger partial charge is 0.370 e. The molecule has 25 heavy (non-hydrogen) atoms. The van der Waals surface area contributed by atoms with Crippen LogP contribution in [0, 0.1) is 5.82 Å². The lowest BCUT2D eigenvalue weighted by molar-refractivity contribution is -0.0156. The quantitative estimate of drug-likeness (QED) is 0.919. The number of nitrogens with one attached hydrogen (secondary N) is 1. The molecule has 7 nitrogen and oxygen atoms in total. The van der Waals surface area contributed by atoms with Crippen molar-refractivity contribution in [3.63, 3.8) is 0 Å². The van der Waals surface area contributed by atoms with E-state index in [0.29, 0.717) is 31.5 Å². The molecule has 0 radical (unpaired) electrons. The summed E-state index contributed by atoms with van der Waals surface area (Å²) >= 11 is 0. The van der Waals surface area contributed by atoms with Crippen molar-refractivity contribution in [3.8, 4) is 0 Å². The predicted octanol–water partition coefficient (Wildman–Crippen LogP) is 2.37. The van der Waals surface area contributed by atoms with Crippen LogP contribution in [0.1, 0.15) is 42.1 Å². The van der Waals surface area contributed by atoms with Crippen LogP contribution < -0.4 is 5.32 Å². The van der Waals surface area contributed by atoms with Gasteiger partial charge in [-0.25, -0.2) is 9.18 Å². The van der Waals surface area contributed by atoms with Crippen molar-refractivity contribution in [2.45, 2.75) is 31.4 Å². The van der Waals surface area contributed by atoms with Gasteiger partial charge in [0.1, 0.15) is 11.9 Å². The first-order chi connectivity index (χ1) is 12.2. The van der Waals surface area contributed by atoms with Gasteiger partial charge in [0.25, 0.3) is 0 Å². The number of hydrogen-bond donors (Lipinski definition) is 1. The second-order valence-electron chi connectivity index (χ2n) is 6.34. The standard InChI is InChI=1S/C17H19FN4O3/c18-13-3-1-2-12(8-13)14-10-22(6-7-24-14)17(23)19-9-15-20-16(21-25-15)11-4-5-11/h1-3,8,11,14H,4-7,9-10H2,(H,19,23)/t14-/m1/s1. The van der Waals surface area contributed by atoms with Crippen molar-refractivity contribution in [3.05, 3.63) is 47.4 Å². The molecule has 1 aromatic heterocycles. The van der Waals surface area contributed by atoms with Gasteiger partial charge < -0.3 is 19.5 Å². The Hall–Kier alpha value is -2.48. The minimum atomic E-state index is -0.333. The first-order valence-corrected chi connectivity index (χ1v) is 8.41. The van der Waals surface area contributed by atoms with E-state index < -0.39 is 0 Å². The summed E-state index contributed by atoms with van der Waals surface area (Å²) in [4.78, 5) is 18.3. The number of aromatic nitrogens is 2. The molecular weight excluding hydrogens is 327 g/mol. The lowest BCUT2D eigenvalue weighted by Gasteiger charge is -2.33. The molecule has 1 saturated carbocycles. The molecule has 132 valence electrons. The van der Waals surface area contributed by atoms with E-state index >= 15 is 0 Å². The van der Waals surface area contributed by atoms with Crippen LogP contribution >= 0.6 is 0 Å². The summed E-state index contributed by atoms with van der Waals surface area (Å²) in [7, 11) is 0. The van der Waals surface area contributed by atoms with E-state index in [-0.39, 0.29) is 24.5 Å². The Bertz CT molecular complexity index is 762. The number of carbonyl (C=O) groups excluding carboxylic acids is 1. The smallest absolute Gasteiger partial charge is 0.318 e. The van der Waals surface area contributed by atoms with Gasteiger partial charge in [-0.05, 0) is 30.5 Å². The molecule has 2 aromatic rings. The second kappa shape index (κ2) is 6.79. The third kappa shape index (κ3) is 3.79. The van der Waals surface area contributed by atoms with E-state index in [4.69, 9.17) is 9.26 Å². The van der Waals surface area contributed by atoms with Crippen LogP contribution in [0.2, 0.25) is 0 Å². The Labute approximate surface area is 144 Å². The highest BCUT2D eigenvalue weighted by Crippen LogP contribution is 2.38. The zero-order valence-electron chi connectivity index (χ0n) is 13.7. The van der Waals surface area contributed by atoms with Crippen molar-refractivity contribution in [1.82, 2.24) is 20.4 Å². The Kier molecular flexibility index (Phi) is 4.35. The molecule has 2 heterocycles. The molecule has 1 aliphatic carbocycles. The van der Waals surface area contributed by atoms with Gasteiger partial charge in [-0.2, -0.15) is 4.98 Å². The molecule has 1 saturated heterocycles. The van der Waals surface area contributed by atoms with Gasteiger partial charge in [0.05, 0.1) is 19.7 Å². The SMILES string of the molecule is O=C(NCc1nc(C2CC2)no1)N1CCO[C@@H](c2cccc(F)c2)C1. The number of urea groups is 1. The fourth-order valence-electron chi connectivity index (χ4n) is 2.85. The highest BCUT2D eigenvalue weighted by atomic mass is 19.1. The summed E-state index contributed by atoms with van der Waals surface area (Å²) in [5.41, 5.74) is 0.725. The van der Waals surface area contributed by atoms with Gasteiger partial charge in [-0.15, -0.1) is 0 Å². The number of benzene rings is 1. The van der Waals surface area contributed by atoms with E-state index in [1.807, 2.05) is 0 Å². The number of halogens is 1. The fourth-order valence-corrected chi connectivity index (χ4v) is 2.85. The zero-order chi connectivity index (χ0) is 17.2. The Morgan fingerprint density at radius 2 is 2.28 bits per heavy atom. The summed E-state index contributed by atoms with van der Waals surface area (Å²) < 4.78 is 24.2. The highest BCUT2D eigenvalue weighted by Gasteiger charge is 2.29. The molecule has 0 spiro atoms. The fraction of sp³-hybridized carbons (Fsp3) is 0.471. The Balaban J connectivity index is 1.33. The van der Waals surface area contributed by atoms with Crippen LogP contribution in [0.15, 0.2) is 28.8 Å². The lowest BCUT2D eigenvalue weighted by atomic mass is 10.1. The molecule has 1 N–H and O–H groups in total. The summed E-state index contributed by atoms with van der Waals surface area (Å²) in [5, 5.41) is 6.71. The van der Waals surface area contributed by atoms with Gasteiger partial charge in [0.2, 0.25) is 5.89 Å². The minimum Gasteiger partial charge on any atom is -0.370 e. The van der Waals surface area contributed by atoms with Crippen molar-refractivity contribution < 1.29 is 18.4 Å². The zero-order valence-corrected chi connectivity index (χ0v) is 13.7. The van der Waals surface area contributed by atoms with Crippen molar-refractivity contribution >= 4 is 6.03 Å². The number of amides is 2. The molecule has 2 aliphatic rings. The van der Waals surface area contributed by atoms with Crippen molar-refractivity contribution in [2.75, 3.05) is 19.7 Å². The number of ether oxygens (including phenoxy) is 1. The van der Waals surface area contributed by atoms with Gasteiger partial charge in [-0.3, -0.25) is 0 Å². The monoisotopic (exact) mass is 346 g/mol. The van der Waals surface area contributed by atoms with E-state index in [9.17, 15) is 9.18 Å². The normalized spacial score (nSPS) is 20.5. The molecule has 0 bridgehead atoms. The molecule has 4 rings (SSSR count). The predicted molar refractivity (Wildman–Crippen MR) is 85.2 cm³/mol. The van der Waals surface area contributed by atoms with Crippen LogP contribution in [-0.2, 0) is 11.3 Å². The average Bonchev–Trinajstić information content (AvgIpc) is 3.38. The van der Waals surface area contributed by atoms with Crippen LogP contribution in [0.4, 0.5) is 9.18 Å². The van der Waals surface area contributed by atoms with Crippen LogP contribution in [0.25, 0.3) is 0 Å². The first kappa shape index (κ1) is 16.0. The average molecular weight is 346 g/mol. The van der Waals surface area contributed by atoms with E-state index in [1.54, 1.807) is 17.0 Å². The molecule has 2 fully saturated rings. The molecule has 8 heteroatoms. The van der Waals surface area contributed by atoms with E-state index in [0.717, 1.165) is 24.2 Å². The third-order valence-corrected chi connectivity index (χ3v) is 4.39. The molecule has 2 amide bonds. The summed E-state index contributed by atoms with van der Waals surface area (Å²) in [6, 6.07) is 6.03. The molecule has 1 aromatic carbocycles. The maximum absolute atomic E-state index is 13.4. The lowest BCUT2D eigenvalue weighted by Crippen LogP contribution is -2.47. The molecule has 1 atom stereocenters. The Morgan fingerprint density at radius 3 is 3.08 bits per heavy atom. The van der Waals surface area contributed by atoms with Gasteiger partial charge in [0.15, 0.2) is 5.82 Å². The number of rotatable bonds is 4. The number of carbonyl (C=O) groups is 1. The topological polar surface area (TPSA) is 80.5 Å². The first-order valence-electron chi connectivity index (χ1n) is 8.41. The van der Waals surface area contributed by atoms with Crippen LogP contribution in [0.5, 0.6) is 0 Å². The summed E-state index contributed by atoms with van der Waals surface area (Å²) in [5.74, 6) is 1.23. The molecule has 0 unspecified atom stereocenters. The van der Waals surface area contributed by atoms with Crippen LogP contribution in [0.3, 0.4) is 0 Å². The minimum absolute atomic E-state index is 0.195. The summed E-state index contributed by atoms with van der Waals surface area (Å²) in [6.07, 6.45) is 1.86. The number of hydrogen-bond acceptors (Lipinski definition) is 5. The van der Waals surface area contributed by atoms with Gasteiger partial charge in [0, 0.05) is 12.5 Å². The van der Waals surface area contributed by atoms with E-state index in [2.05, 4.69) is 15.5 Å².